The van der Waals surface area contributed by atoms with E-state index >= 15 is 0 Å². The summed E-state index contributed by atoms with van der Waals surface area (Å²) >= 11 is 0. The highest BCUT2D eigenvalue weighted by Gasteiger charge is 2.22. The van der Waals surface area contributed by atoms with Gasteiger partial charge in [-0.1, -0.05) is 20.8 Å². The number of ether oxygens (including phenoxy) is 1. The molecule has 0 atom stereocenters. The van der Waals surface area contributed by atoms with Gasteiger partial charge in [0, 0.05) is 12.6 Å². The molecule has 0 heterocycles. The zero-order chi connectivity index (χ0) is 16.3. The molecule has 0 saturated heterocycles. The smallest absolute Gasteiger partial charge is 0.238 e. The average Bonchev–Trinajstić information content (AvgIpc) is 2.36. The maximum Gasteiger partial charge on any atom is 0.238 e. The van der Waals surface area contributed by atoms with Gasteiger partial charge in [-0.3, -0.25) is 4.79 Å². The first-order valence-electron chi connectivity index (χ1n) is 6.56. The zero-order valence-electron chi connectivity index (χ0n) is 12.8. The van der Waals surface area contributed by atoms with Crippen molar-refractivity contribution in [3.05, 3.63) is 23.8 Å². The lowest BCUT2D eigenvalue weighted by molar-refractivity contribution is -0.121. The number of nitrogens with one attached hydrogen (secondary N) is 1. The van der Waals surface area contributed by atoms with Crippen molar-refractivity contribution in [2.24, 2.45) is 5.14 Å². The van der Waals surface area contributed by atoms with Crippen LogP contribution in [-0.2, 0) is 20.2 Å². The van der Waals surface area contributed by atoms with Gasteiger partial charge in [-0.2, -0.15) is 0 Å². The van der Waals surface area contributed by atoms with Crippen molar-refractivity contribution in [1.29, 1.82) is 0 Å². The Kier molecular flexibility index (Phi) is 5.36. The molecule has 1 aromatic rings. The fourth-order valence-electron chi connectivity index (χ4n) is 1.78. The van der Waals surface area contributed by atoms with Crippen LogP contribution in [0.1, 0.15) is 32.8 Å². The second-order valence-electron chi connectivity index (χ2n) is 5.72. The number of amides is 1. The maximum absolute atomic E-state index is 11.4. The van der Waals surface area contributed by atoms with Crippen LogP contribution in [-0.4, -0.2) is 28.0 Å². The molecule has 0 saturated carbocycles. The van der Waals surface area contributed by atoms with Crippen molar-refractivity contribution in [2.45, 2.75) is 37.5 Å². The molecule has 0 aromatic heterocycles. The van der Waals surface area contributed by atoms with E-state index < -0.39 is 10.0 Å². The Morgan fingerprint density at radius 2 is 1.95 bits per heavy atom. The first-order valence-corrected chi connectivity index (χ1v) is 8.11. The van der Waals surface area contributed by atoms with Gasteiger partial charge in [0.15, 0.2) is 0 Å². The van der Waals surface area contributed by atoms with Crippen LogP contribution in [0.15, 0.2) is 23.1 Å². The Bertz CT molecular complexity index is 618. The number of hydrogen-bond donors (Lipinski definition) is 2. The molecule has 7 heteroatoms. The third-order valence-electron chi connectivity index (χ3n) is 2.95. The number of rotatable bonds is 5. The molecule has 6 nitrogen and oxygen atoms in total. The molecule has 0 spiro atoms. The van der Waals surface area contributed by atoms with Crippen molar-refractivity contribution in [3.8, 4) is 5.75 Å². The molecule has 1 amide bonds. The third-order valence-corrected chi connectivity index (χ3v) is 3.86. The fourth-order valence-corrected chi connectivity index (χ4v) is 2.32. The van der Waals surface area contributed by atoms with Crippen molar-refractivity contribution >= 4 is 15.9 Å². The van der Waals surface area contributed by atoms with E-state index in [-0.39, 0.29) is 29.2 Å². The van der Waals surface area contributed by atoms with Crippen LogP contribution in [0.4, 0.5) is 0 Å². The largest absolute Gasteiger partial charge is 0.493 e. The number of carbonyl (C=O) groups is 1. The third kappa shape index (κ3) is 5.02. The molecular weight excluding hydrogens is 292 g/mol. The van der Waals surface area contributed by atoms with E-state index in [0.717, 1.165) is 5.56 Å². The summed E-state index contributed by atoms with van der Waals surface area (Å²) in [7, 11) is -2.20. The molecular formula is C14H22N2O4S. The first-order chi connectivity index (χ1) is 9.55. The molecule has 0 bridgehead atoms. The second-order valence-corrected chi connectivity index (χ2v) is 7.29. The Balaban J connectivity index is 3.06. The van der Waals surface area contributed by atoms with Gasteiger partial charge in [0.1, 0.15) is 5.75 Å². The number of sulfonamides is 1. The number of benzene rings is 1. The molecule has 1 aromatic carbocycles. The molecule has 1 rings (SSSR count). The summed E-state index contributed by atoms with van der Waals surface area (Å²) in [5.74, 6) is 0.437. The molecule has 118 valence electrons. The minimum Gasteiger partial charge on any atom is -0.493 e. The minimum atomic E-state index is -3.76. The van der Waals surface area contributed by atoms with E-state index in [4.69, 9.17) is 9.88 Å². The quantitative estimate of drug-likeness (QED) is 0.851. The number of carbonyl (C=O) groups excluding carboxylic acids is 1. The molecule has 0 aliphatic carbocycles. The van der Waals surface area contributed by atoms with Crippen molar-refractivity contribution in [2.75, 3.05) is 13.7 Å². The van der Waals surface area contributed by atoms with Crippen molar-refractivity contribution in [3.63, 3.8) is 0 Å². The topological polar surface area (TPSA) is 98.5 Å². The molecule has 0 unspecified atom stereocenters. The summed E-state index contributed by atoms with van der Waals surface area (Å²) in [4.78, 5) is 11.2. The predicted octanol–water partition coefficient (Wildman–Crippen LogP) is 1.15. The molecule has 0 aliphatic rings. The molecule has 0 aliphatic heterocycles. The van der Waals surface area contributed by atoms with Gasteiger partial charge in [0.05, 0.1) is 17.9 Å². The lowest BCUT2D eigenvalue weighted by Crippen LogP contribution is -2.21. The first kappa shape index (κ1) is 17.5. The number of hydrogen-bond acceptors (Lipinski definition) is 4. The van der Waals surface area contributed by atoms with Crippen molar-refractivity contribution in [1.82, 2.24) is 5.32 Å². The van der Waals surface area contributed by atoms with Gasteiger partial charge >= 0.3 is 0 Å². The van der Waals surface area contributed by atoms with Crippen LogP contribution in [0.3, 0.4) is 0 Å². The van der Waals surface area contributed by atoms with E-state index in [2.05, 4.69) is 5.32 Å². The second kappa shape index (κ2) is 6.44. The van der Waals surface area contributed by atoms with E-state index in [0.29, 0.717) is 5.75 Å². The fraction of sp³-hybridized carbons (Fsp3) is 0.500. The standard InChI is InChI=1S/C14H22N2O4S/c1-14(2,3)11-9-10(21(15,18)19)5-6-12(11)20-8-7-13(17)16-4/h5-6,9H,7-8H2,1-4H3,(H,16,17)(H2,15,18,19). The normalized spacial score (nSPS) is 12.0. The Hall–Kier alpha value is -1.60. The van der Waals surface area contributed by atoms with Crippen molar-refractivity contribution < 1.29 is 17.9 Å². The van der Waals surface area contributed by atoms with E-state index in [1.54, 1.807) is 13.1 Å². The minimum absolute atomic E-state index is 0.0473. The van der Waals surface area contributed by atoms with Crippen LogP contribution < -0.4 is 15.2 Å². The predicted molar refractivity (Wildman–Crippen MR) is 80.7 cm³/mol. The SMILES string of the molecule is CNC(=O)CCOc1ccc(S(N)(=O)=O)cc1C(C)(C)C. The number of nitrogens with two attached hydrogens (primary N) is 1. The summed E-state index contributed by atoms with van der Waals surface area (Å²) in [5, 5.41) is 7.67. The Morgan fingerprint density at radius 1 is 1.33 bits per heavy atom. The van der Waals surface area contributed by atoms with Gasteiger partial charge in [-0.15, -0.1) is 0 Å². The highest BCUT2D eigenvalue weighted by atomic mass is 32.2. The number of primary sulfonamides is 1. The van der Waals surface area contributed by atoms with Crippen LogP contribution in [0, 0.1) is 0 Å². The molecule has 3 N–H and O–H groups in total. The molecule has 0 fully saturated rings. The highest BCUT2D eigenvalue weighted by Crippen LogP contribution is 2.33. The lowest BCUT2D eigenvalue weighted by atomic mass is 9.86. The summed E-state index contributed by atoms with van der Waals surface area (Å²) in [5.41, 5.74) is 0.411. The Morgan fingerprint density at radius 3 is 2.43 bits per heavy atom. The van der Waals surface area contributed by atoms with Gasteiger partial charge in [0.25, 0.3) is 0 Å². The summed E-state index contributed by atoms with van der Waals surface area (Å²) < 4.78 is 28.5. The van der Waals surface area contributed by atoms with E-state index in [9.17, 15) is 13.2 Å². The highest BCUT2D eigenvalue weighted by molar-refractivity contribution is 7.89. The van der Waals surface area contributed by atoms with Crippen LogP contribution in [0.2, 0.25) is 0 Å². The van der Waals surface area contributed by atoms with E-state index in [1.165, 1.54) is 12.1 Å². The Labute approximate surface area is 125 Å². The lowest BCUT2D eigenvalue weighted by Gasteiger charge is -2.23. The van der Waals surface area contributed by atoms with Gasteiger partial charge in [-0.25, -0.2) is 13.6 Å². The summed E-state index contributed by atoms with van der Waals surface area (Å²) in [6, 6.07) is 4.49. The van der Waals surface area contributed by atoms with Crippen LogP contribution in [0.5, 0.6) is 5.75 Å². The van der Waals surface area contributed by atoms with Gasteiger partial charge in [-0.05, 0) is 23.6 Å². The van der Waals surface area contributed by atoms with Gasteiger partial charge in [0.2, 0.25) is 15.9 Å². The molecule has 0 radical (unpaired) electrons. The van der Waals surface area contributed by atoms with E-state index in [1.807, 2.05) is 20.8 Å². The zero-order valence-corrected chi connectivity index (χ0v) is 13.6. The maximum atomic E-state index is 11.4. The van der Waals surface area contributed by atoms with Crippen LogP contribution >= 0.6 is 0 Å². The average molecular weight is 314 g/mol. The summed E-state index contributed by atoms with van der Waals surface area (Å²) in [6.45, 7) is 6.06. The monoisotopic (exact) mass is 314 g/mol. The van der Waals surface area contributed by atoms with Gasteiger partial charge < -0.3 is 10.1 Å². The summed E-state index contributed by atoms with van der Waals surface area (Å²) in [6.07, 6.45) is 0.233. The molecule has 21 heavy (non-hydrogen) atoms. The van der Waals surface area contributed by atoms with Crippen LogP contribution in [0.25, 0.3) is 0 Å².